The molecule has 0 aromatic carbocycles. The molecule has 0 bridgehead atoms. The molecule has 18 heavy (non-hydrogen) atoms. The van der Waals surface area contributed by atoms with Crippen LogP contribution in [0, 0.1) is 0 Å². The molecule has 4 nitrogen and oxygen atoms in total. The lowest BCUT2D eigenvalue weighted by atomic mass is 9.95. The predicted molar refractivity (Wildman–Crippen MR) is 76.3 cm³/mol. The van der Waals surface area contributed by atoms with Crippen LogP contribution in [0.5, 0.6) is 0 Å². The Morgan fingerprint density at radius 1 is 1.56 bits per heavy atom. The van der Waals surface area contributed by atoms with E-state index in [0.29, 0.717) is 6.04 Å². The molecule has 1 aliphatic rings. The van der Waals surface area contributed by atoms with Crippen molar-refractivity contribution in [2.45, 2.75) is 44.7 Å². The van der Waals surface area contributed by atoms with Crippen molar-refractivity contribution in [3.05, 3.63) is 11.6 Å². The average molecular weight is 269 g/mol. The van der Waals surface area contributed by atoms with Crippen LogP contribution in [0.4, 0.5) is 5.13 Å². The quantitative estimate of drug-likeness (QED) is 0.856. The van der Waals surface area contributed by atoms with Gasteiger partial charge in [-0.25, -0.2) is 4.98 Å². The third kappa shape index (κ3) is 3.22. The SMILES string of the molecule is CCC(C)(CO)NC1CCN(c2nccs2)CC1. The van der Waals surface area contributed by atoms with Gasteiger partial charge in [0.2, 0.25) is 0 Å². The number of aliphatic hydroxyl groups is 1. The molecule has 2 N–H and O–H groups in total. The van der Waals surface area contributed by atoms with Crippen LogP contribution in [-0.2, 0) is 0 Å². The highest BCUT2D eigenvalue weighted by Crippen LogP contribution is 2.23. The van der Waals surface area contributed by atoms with Crippen molar-refractivity contribution in [1.29, 1.82) is 0 Å². The highest BCUT2D eigenvalue weighted by molar-refractivity contribution is 7.13. The molecule has 0 spiro atoms. The first-order valence-electron chi connectivity index (χ1n) is 6.70. The van der Waals surface area contributed by atoms with Crippen molar-refractivity contribution in [2.24, 2.45) is 0 Å². The molecular formula is C13H23N3OS. The number of anilines is 1. The number of aromatic nitrogens is 1. The van der Waals surface area contributed by atoms with Crippen molar-refractivity contribution in [3.8, 4) is 0 Å². The smallest absolute Gasteiger partial charge is 0.185 e. The number of thiazole rings is 1. The van der Waals surface area contributed by atoms with Crippen LogP contribution < -0.4 is 10.2 Å². The van der Waals surface area contributed by atoms with Crippen molar-refractivity contribution in [3.63, 3.8) is 0 Å². The van der Waals surface area contributed by atoms with E-state index in [2.05, 4.69) is 29.0 Å². The normalized spacial score (nSPS) is 20.9. The molecule has 1 aliphatic heterocycles. The van der Waals surface area contributed by atoms with E-state index >= 15 is 0 Å². The van der Waals surface area contributed by atoms with E-state index in [0.717, 1.165) is 37.5 Å². The zero-order valence-corrected chi connectivity index (χ0v) is 12.0. The Balaban J connectivity index is 1.83. The van der Waals surface area contributed by atoms with E-state index in [1.54, 1.807) is 11.3 Å². The fourth-order valence-corrected chi connectivity index (χ4v) is 3.04. The maximum absolute atomic E-state index is 9.44. The summed E-state index contributed by atoms with van der Waals surface area (Å²) < 4.78 is 0. The van der Waals surface area contributed by atoms with Gasteiger partial charge in [0.15, 0.2) is 5.13 Å². The number of piperidine rings is 1. The summed E-state index contributed by atoms with van der Waals surface area (Å²) in [6.45, 7) is 6.52. The van der Waals surface area contributed by atoms with Gasteiger partial charge in [0, 0.05) is 36.2 Å². The Hall–Kier alpha value is -0.650. The van der Waals surface area contributed by atoms with Gasteiger partial charge < -0.3 is 15.3 Å². The number of nitrogens with zero attached hydrogens (tertiary/aromatic N) is 2. The van der Waals surface area contributed by atoms with E-state index < -0.39 is 0 Å². The topological polar surface area (TPSA) is 48.4 Å². The first kappa shape index (κ1) is 13.8. The monoisotopic (exact) mass is 269 g/mol. The second-order valence-corrected chi connectivity index (χ2v) is 6.17. The fourth-order valence-electron chi connectivity index (χ4n) is 2.34. The molecule has 2 rings (SSSR count). The Morgan fingerprint density at radius 3 is 2.78 bits per heavy atom. The summed E-state index contributed by atoms with van der Waals surface area (Å²) in [5, 5.41) is 16.2. The van der Waals surface area contributed by atoms with Gasteiger partial charge in [0.05, 0.1) is 6.61 Å². The largest absolute Gasteiger partial charge is 0.394 e. The van der Waals surface area contributed by atoms with Crippen LogP contribution in [-0.4, -0.2) is 41.4 Å². The zero-order chi connectivity index (χ0) is 13.0. The number of hydrogen-bond donors (Lipinski definition) is 2. The van der Waals surface area contributed by atoms with Gasteiger partial charge in [-0.3, -0.25) is 0 Å². The Bertz CT molecular complexity index is 343. The molecule has 0 saturated carbocycles. The molecule has 1 unspecified atom stereocenters. The summed E-state index contributed by atoms with van der Waals surface area (Å²) in [7, 11) is 0. The maximum atomic E-state index is 9.44. The van der Waals surface area contributed by atoms with Crippen LogP contribution in [0.15, 0.2) is 11.6 Å². The maximum Gasteiger partial charge on any atom is 0.185 e. The van der Waals surface area contributed by atoms with Crippen molar-refractivity contribution in [2.75, 3.05) is 24.6 Å². The number of nitrogens with one attached hydrogen (secondary N) is 1. The molecule has 1 aromatic heterocycles. The number of rotatable bonds is 5. The third-order valence-electron chi connectivity index (χ3n) is 3.87. The minimum absolute atomic E-state index is 0.131. The zero-order valence-electron chi connectivity index (χ0n) is 11.2. The molecule has 1 aromatic rings. The summed E-state index contributed by atoms with van der Waals surface area (Å²) >= 11 is 1.71. The van der Waals surface area contributed by atoms with Crippen molar-refractivity contribution in [1.82, 2.24) is 10.3 Å². The molecule has 0 amide bonds. The lowest BCUT2D eigenvalue weighted by molar-refractivity contribution is 0.150. The van der Waals surface area contributed by atoms with Crippen LogP contribution in [0.3, 0.4) is 0 Å². The lowest BCUT2D eigenvalue weighted by Crippen LogP contribution is -2.53. The minimum atomic E-state index is -0.131. The van der Waals surface area contributed by atoms with Gasteiger partial charge in [-0.1, -0.05) is 6.92 Å². The van der Waals surface area contributed by atoms with E-state index in [4.69, 9.17) is 0 Å². The summed E-state index contributed by atoms with van der Waals surface area (Å²) in [6, 6.07) is 0.512. The fraction of sp³-hybridized carbons (Fsp3) is 0.769. The molecule has 0 aliphatic carbocycles. The molecule has 102 valence electrons. The highest BCUT2D eigenvalue weighted by atomic mass is 32.1. The first-order valence-corrected chi connectivity index (χ1v) is 7.58. The summed E-state index contributed by atoms with van der Waals surface area (Å²) in [6.07, 6.45) is 5.06. The van der Waals surface area contributed by atoms with Gasteiger partial charge >= 0.3 is 0 Å². The van der Waals surface area contributed by atoms with Gasteiger partial charge in [-0.2, -0.15) is 0 Å². The second kappa shape index (κ2) is 5.99. The summed E-state index contributed by atoms with van der Waals surface area (Å²) in [5.41, 5.74) is -0.131. The molecule has 2 heterocycles. The first-order chi connectivity index (χ1) is 8.67. The summed E-state index contributed by atoms with van der Waals surface area (Å²) in [5.74, 6) is 0. The minimum Gasteiger partial charge on any atom is -0.394 e. The van der Waals surface area contributed by atoms with Gasteiger partial charge in [0.25, 0.3) is 0 Å². The lowest BCUT2D eigenvalue weighted by Gasteiger charge is -2.38. The molecule has 1 saturated heterocycles. The number of aliphatic hydroxyl groups excluding tert-OH is 1. The Morgan fingerprint density at radius 2 is 2.28 bits per heavy atom. The van der Waals surface area contributed by atoms with Gasteiger partial charge in [0.1, 0.15) is 0 Å². The van der Waals surface area contributed by atoms with Crippen molar-refractivity contribution < 1.29 is 5.11 Å². The number of hydrogen-bond acceptors (Lipinski definition) is 5. The molecular weight excluding hydrogens is 246 g/mol. The van der Waals surface area contributed by atoms with Crippen LogP contribution >= 0.6 is 11.3 Å². The Kier molecular flexibility index (Phi) is 4.59. The summed E-state index contributed by atoms with van der Waals surface area (Å²) in [4.78, 5) is 6.71. The third-order valence-corrected chi connectivity index (χ3v) is 4.70. The molecule has 1 fully saturated rings. The van der Waals surface area contributed by atoms with E-state index in [1.807, 2.05) is 11.6 Å². The predicted octanol–water partition coefficient (Wildman–Crippen LogP) is 1.86. The van der Waals surface area contributed by atoms with Gasteiger partial charge in [-0.05, 0) is 26.2 Å². The van der Waals surface area contributed by atoms with E-state index in [1.165, 1.54) is 0 Å². The van der Waals surface area contributed by atoms with E-state index in [9.17, 15) is 5.11 Å². The second-order valence-electron chi connectivity index (χ2n) is 5.29. The van der Waals surface area contributed by atoms with Crippen LogP contribution in [0.25, 0.3) is 0 Å². The average Bonchev–Trinajstić information content (AvgIpc) is 2.93. The van der Waals surface area contributed by atoms with Crippen molar-refractivity contribution >= 4 is 16.5 Å². The standard InChI is InChI=1S/C13H23N3OS/c1-3-13(2,10-17)15-11-4-7-16(8-5-11)12-14-6-9-18-12/h6,9,11,15,17H,3-5,7-8,10H2,1-2H3. The van der Waals surface area contributed by atoms with Crippen LogP contribution in [0.2, 0.25) is 0 Å². The highest BCUT2D eigenvalue weighted by Gasteiger charge is 2.27. The van der Waals surface area contributed by atoms with E-state index in [-0.39, 0.29) is 12.1 Å². The van der Waals surface area contributed by atoms with Gasteiger partial charge in [-0.15, -0.1) is 11.3 Å². The molecule has 1 atom stereocenters. The molecule has 0 radical (unpaired) electrons. The Labute approximate surface area is 113 Å². The van der Waals surface area contributed by atoms with Crippen LogP contribution in [0.1, 0.15) is 33.1 Å². The molecule has 5 heteroatoms.